The Hall–Kier alpha value is -1.30. The third-order valence-electron chi connectivity index (χ3n) is 2.03. The molecule has 15 heavy (non-hydrogen) atoms. The molecule has 1 heterocycles. The van der Waals surface area contributed by atoms with Gasteiger partial charge in [0.25, 0.3) is 5.91 Å². The highest BCUT2D eigenvalue weighted by Gasteiger charge is 2.45. The van der Waals surface area contributed by atoms with Crippen molar-refractivity contribution in [1.29, 1.82) is 0 Å². The molecule has 0 spiro atoms. The molecule has 2 amide bonds. The fraction of sp³-hybridized carbons (Fsp3) is 0.778. The number of nitrogens with one attached hydrogen (secondary N) is 1. The third kappa shape index (κ3) is 2.59. The third-order valence-corrected chi connectivity index (χ3v) is 2.03. The highest BCUT2D eigenvalue weighted by Crippen LogP contribution is 2.17. The minimum absolute atomic E-state index is 0.412. The number of carbonyl (C=O) groups excluding carboxylic acids is 2. The molecular formula is C9H16N2O4. The van der Waals surface area contributed by atoms with Crippen LogP contribution in [-0.2, 0) is 9.53 Å². The van der Waals surface area contributed by atoms with Gasteiger partial charge < -0.3 is 10.1 Å². The number of β-lactam (4-membered cyclic amide) rings is 1. The minimum Gasteiger partial charge on any atom is -0.444 e. The van der Waals surface area contributed by atoms with Crippen molar-refractivity contribution in [1.82, 2.24) is 10.4 Å². The SMILES string of the molecule is C[C@@H]1[C@@H](NC(=O)OC(C)(C)C)C(=O)N1O. The van der Waals surface area contributed by atoms with E-state index in [4.69, 9.17) is 9.94 Å². The Bertz CT molecular complexity index is 284. The summed E-state index contributed by atoms with van der Waals surface area (Å²) in [5.41, 5.74) is -0.598. The van der Waals surface area contributed by atoms with Crippen LogP contribution in [0.5, 0.6) is 0 Å². The summed E-state index contributed by atoms with van der Waals surface area (Å²) in [7, 11) is 0. The highest BCUT2D eigenvalue weighted by molar-refractivity contribution is 5.91. The van der Waals surface area contributed by atoms with Gasteiger partial charge in [-0.25, -0.2) is 9.86 Å². The Balaban J connectivity index is 2.44. The monoisotopic (exact) mass is 216 g/mol. The maximum absolute atomic E-state index is 11.3. The molecule has 0 radical (unpaired) electrons. The molecule has 0 bridgehead atoms. The Morgan fingerprint density at radius 3 is 2.47 bits per heavy atom. The second-order valence-electron chi connectivity index (χ2n) is 4.55. The van der Waals surface area contributed by atoms with E-state index in [-0.39, 0.29) is 0 Å². The van der Waals surface area contributed by atoms with Crippen LogP contribution in [0.1, 0.15) is 27.7 Å². The predicted molar refractivity (Wildman–Crippen MR) is 51.3 cm³/mol. The first-order valence-corrected chi connectivity index (χ1v) is 4.74. The molecule has 1 aliphatic heterocycles. The number of carbonyl (C=O) groups is 2. The van der Waals surface area contributed by atoms with Crippen LogP contribution in [0.15, 0.2) is 0 Å². The van der Waals surface area contributed by atoms with E-state index in [1.54, 1.807) is 27.7 Å². The molecular weight excluding hydrogens is 200 g/mol. The zero-order valence-corrected chi connectivity index (χ0v) is 9.27. The minimum atomic E-state index is -0.690. The van der Waals surface area contributed by atoms with E-state index in [0.29, 0.717) is 5.06 Å². The van der Waals surface area contributed by atoms with Gasteiger partial charge >= 0.3 is 6.09 Å². The van der Waals surface area contributed by atoms with Gasteiger partial charge in [-0.2, -0.15) is 0 Å². The molecule has 2 atom stereocenters. The zero-order valence-electron chi connectivity index (χ0n) is 9.27. The predicted octanol–water partition coefficient (Wildman–Crippen LogP) is 0.500. The Morgan fingerprint density at radius 1 is 1.53 bits per heavy atom. The van der Waals surface area contributed by atoms with Crippen LogP contribution >= 0.6 is 0 Å². The van der Waals surface area contributed by atoms with Gasteiger partial charge in [-0.05, 0) is 27.7 Å². The average molecular weight is 216 g/mol. The average Bonchev–Trinajstić information content (AvgIpc) is 2.09. The van der Waals surface area contributed by atoms with E-state index < -0.39 is 29.7 Å². The lowest BCUT2D eigenvalue weighted by Crippen LogP contribution is -2.68. The van der Waals surface area contributed by atoms with Crippen LogP contribution < -0.4 is 5.32 Å². The molecule has 1 rings (SSSR count). The second kappa shape index (κ2) is 3.69. The molecule has 1 aliphatic rings. The summed E-state index contributed by atoms with van der Waals surface area (Å²) < 4.78 is 4.97. The quantitative estimate of drug-likeness (QED) is 0.494. The molecule has 0 aliphatic carbocycles. The summed E-state index contributed by atoms with van der Waals surface area (Å²) in [6, 6.07) is -1.10. The van der Waals surface area contributed by atoms with Gasteiger partial charge in [-0.1, -0.05) is 0 Å². The van der Waals surface area contributed by atoms with Gasteiger partial charge in [0.1, 0.15) is 11.6 Å². The fourth-order valence-electron chi connectivity index (χ4n) is 1.23. The molecule has 0 unspecified atom stereocenters. The Morgan fingerprint density at radius 2 is 2.07 bits per heavy atom. The number of hydrogen-bond acceptors (Lipinski definition) is 4. The first-order chi connectivity index (χ1) is 6.72. The number of hydroxylamine groups is 2. The zero-order chi connectivity index (χ0) is 11.8. The van der Waals surface area contributed by atoms with Crippen molar-refractivity contribution in [2.45, 2.75) is 45.4 Å². The van der Waals surface area contributed by atoms with Gasteiger partial charge in [0.2, 0.25) is 0 Å². The van der Waals surface area contributed by atoms with Crippen molar-refractivity contribution in [2.75, 3.05) is 0 Å². The molecule has 6 heteroatoms. The van der Waals surface area contributed by atoms with Gasteiger partial charge in [0, 0.05) is 0 Å². The van der Waals surface area contributed by atoms with Crippen LogP contribution in [-0.4, -0.2) is 40.0 Å². The van der Waals surface area contributed by atoms with E-state index in [1.807, 2.05) is 0 Å². The second-order valence-corrected chi connectivity index (χ2v) is 4.55. The van der Waals surface area contributed by atoms with Crippen LogP contribution in [0.2, 0.25) is 0 Å². The number of ether oxygens (including phenoxy) is 1. The molecule has 0 aromatic rings. The summed E-state index contributed by atoms with van der Waals surface area (Å²) in [4.78, 5) is 22.4. The number of hydrogen-bond donors (Lipinski definition) is 2. The van der Waals surface area contributed by atoms with E-state index in [9.17, 15) is 9.59 Å². The number of amides is 2. The first-order valence-electron chi connectivity index (χ1n) is 4.74. The molecule has 86 valence electrons. The van der Waals surface area contributed by atoms with Crippen LogP contribution in [0.25, 0.3) is 0 Å². The van der Waals surface area contributed by atoms with Crippen molar-refractivity contribution in [3.8, 4) is 0 Å². The Kier molecular flexibility index (Phi) is 2.90. The van der Waals surface area contributed by atoms with E-state index >= 15 is 0 Å². The van der Waals surface area contributed by atoms with Crippen molar-refractivity contribution in [3.63, 3.8) is 0 Å². The van der Waals surface area contributed by atoms with Gasteiger partial charge in [-0.3, -0.25) is 10.0 Å². The Labute approximate surface area is 88.1 Å². The van der Waals surface area contributed by atoms with Crippen molar-refractivity contribution in [3.05, 3.63) is 0 Å². The highest BCUT2D eigenvalue weighted by atomic mass is 16.6. The summed E-state index contributed by atoms with van der Waals surface area (Å²) >= 11 is 0. The number of alkyl carbamates (subject to hydrolysis) is 1. The molecule has 2 N–H and O–H groups in total. The maximum Gasteiger partial charge on any atom is 0.408 e. The summed E-state index contributed by atoms with van der Waals surface area (Å²) in [5.74, 6) is -0.520. The lowest BCUT2D eigenvalue weighted by atomic mass is 10.0. The van der Waals surface area contributed by atoms with E-state index in [2.05, 4.69) is 5.32 Å². The first kappa shape index (κ1) is 11.8. The van der Waals surface area contributed by atoms with Crippen LogP contribution in [0.3, 0.4) is 0 Å². The van der Waals surface area contributed by atoms with Crippen molar-refractivity contribution >= 4 is 12.0 Å². The van der Waals surface area contributed by atoms with Gasteiger partial charge in [-0.15, -0.1) is 0 Å². The smallest absolute Gasteiger partial charge is 0.408 e. The fourth-order valence-corrected chi connectivity index (χ4v) is 1.23. The molecule has 0 aromatic carbocycles. The molecule has 0 aromatic heterocycles. The lowest BCUT2D eigenvalue weighted by Gasteiger charge is -2.40. The van der Waals surface area contributed by atoms with Crippen LogP contribution in [0, 0.1) is 0 Å². The maximum atomic E-state index is 11.3. The van der Waals surface area contributed by atoms with E-state index in [1.165, 1.54) is 0 Å². The lowest BCUT2D eigenvalue weighted by molar-refractivity contribution is -0.206. The molecule has 1 saturated heterocycles. The number of nitrogens with zero attached hydrogens (tertiary/aromatic N) is 1. The summed E-state index contributed by atoms with van der Waals surface area (Å²) in [6.45, 7) is 6.83. The summed E-state index contributed by atoms with van der Waals surface area (Å²) in [6.07, 6.45) is -0.652. The topological polar surface area (TPSA) is 78.9 Å². The largest absolute Gasteiger partial charge is 0.444 e. The van der Waals surface area contributed by atoms with Crippen molar-refractivity contribution in [2.24, 2.45) is 0 Å². The number of rotatable bonds is 1. The molecule has 6 nitrogen and oxygen atoms in total. The van der Waals surface area contributed by atoms with Gasteiger partial charge in [0.05, 0.1) is 6.04 Å². The molecule has 0 saturated carbocycles. The van der Waals surface area contributed by atoms with Crippen molar-refractivity contribution < 1.29 is 19.5 Å². The summed E-state index contributed by atoms with van der Waals surface area (Å²) in [5, 5.41) is 12.0. The van der Waals surface area contributed by atoms with Crippen LogP contribution in [0.4, 0.5) is 4.79 Å². The normalized spacial score (nSPS) is 25.9. The van der Waals surface area contributed by atoms with Gasteiger partial charge in [0.15, 0.2) is 0 Å². The standard InChI is InChI=1S/C9H16N2O4/c1-5-6(7(12)11(5)14)10-8(13)15-9(2,3)4/h5-6,14H,1-4H3,(H,10,13)/t5-,6-/m1/s1. The van der Waals surface area contributed by atoms with E-state index in [0.717, 1.165) is 0 Å². The molecule has 1 fully saturated rings.